The Balaban J connectivity index is 2.05. The second-order valence-corrected chi connectivity index (χ2v) is 7.01. The third-order valence-electron chi connectivity index (χ3n) is 3.85. The van der Waals surface area contributed by atoms with E-state index in [9.17, 15) is 0 Å². The first-order valence-electron chi connectivity index (χ1n) is 7.87. The summed E-state index contributed by atoms with van der Waals surface area (Å²) in [4.78, 5) is 2.53. The number of anilines is 1. The van der Waals surface area contributed by atoms with Gasteiger partial charge in [-0.05, 0) is 79.2 Å². The lowest BCUT2D eigenvalue weighted by Gasteiger charge is -2.30. The predicted octanol–water partition coefficient (Wildman–Crippen LogP) is 4.57. The number of nitrogens with one attached hydrogen (secondary N) is 1. The normalized spacial score (nSPS) is 14.8. The molecular weight excluding hydrogens is 312 g/mol. The zero-order chi connectivity index (χ0) is 14.5. The van der Waals surface area contributed by atoms with Crippen molar-refractivity contribution in [3.63, 3.8) is 0 Å². The van der Waals surface area contributed by atoms with Gasteiger partial charge < -0.3 is 10.2 Å². The van der Waals surface area contributed by atoms with Crippen LogP contribution in [0.1, 0.15) is 45.6 Å². The van der Waals surface area contributed by atoms with Gasteiger partial charge in [-0.1, -0.05) is 13.0 Å². The van der Waals surface area contributed by atoms with E-state index in [0.29, 0.717) is 6.04 Å². The summed E-state index contributed by atoms with van der Waals surface area (Å²) in [6.07, 6.45) is 3.99. The van der Waals surface area contributed by atoms with E-state index in [-0.39, 0.29) is 0 Å². The van der Waals surface area contributed by atoms with Crippen LogP contribution < -0.4 is 10.2 Å². The standard InChI is InChI=1S/C17H27BrN2/c1-4-9-19-11-15-7-8-17(16(18)10-15)20(13(2)3)12-14-5-6-14/h7-8,10,13-14,19H,4-6,9,11-12H2,1-3H3. The quantitative estimate of drug-likeness (QED) is 0.698. The lowest BCUT2D eigenvalue weighted by Crippen LogP contribution is -2.33. The highest BCUT2D eigenvalue weighted by Gasteiger charge is 2.26. The number of rotatable bonds is 8. The molecule has 1 aliphatic carbocycles. The van der Waals surface area contributed by atoms with Gasteiger partial charge in [0.1, 0.15) is 0 Å². The van der Waals surface area contributed by atoms with Crippen LogP contribution in [0.25, 0.3) is 0 Å². The summed E-state index contributed by atoms with van der Waals surface area (Å²) in [6.45, 7) is 10.0. The van der Waals surface area contributed by atoms with Crippen LogP contribution in [-0.4, -0.2) is 19.1 Å². The fourth-order valence-corrected chi connectivity index (χ4v) is 3.12. The van der Waals surface area contributed by atoms with E-state index >= 15 is 0 Å². The Morgan fingerprint density at radius 3 is 2.65 bits per heavy atom. The lowest BCUT2D eigenvalue weighted by molar-refractivity contribution is 0.642. The maximum atomic E-state index is 3.77. The second-order valence-electron chi connectivity index (χ2n) is 6.15. The Labute approximate surface area is 132 Å². The molecule has 1 fully saturated rings. The lowest BCUT2D eigenvalue weighted by atomic mass is 10.1. The van der Waals surface area contributed by atoms with Gasteiger partial charge in [-0.25, -0.2) is 0 Å². The van der Waals surface area contributed by atoms with Gasteiger partial charge in [0.2, 0.25) is 0 Å². The van der Waals surface area contributed by atoms with Gasteiger partial charge in [0.25, 0.3) is 0 Å². The molecule has 1 aromatic carbocycles. The van der Waals surface area contributed by atoms with E-state index in [1.54, 1.807) is 0 Å². The predicted molar refractivity (Wildman–Crippen MR) is 91.3 cm³/mol. The monoisotopic (exact) mass is 338 g/mol. The molecule has 3 heteroatoms. The van der Waals surface area contributed by atoms with Crippen molar-refractivity contribution in [3.8, 4) is 0 Å². The van der Waals surface area contributed by atoms with Crippen molar-refractivity contribution >= 4 is 21.6 Å². The van der Waals surface area contributed by atoms with E-state index in [1.807, 2.05) is 0 Å². The van der Waals surface area contributed by atoms with Gasteiger partial charge in [0, 0.05) is 23.6 Å². The summed E-state index contributed by atoms with van der Waals surface area (Å²) < 4.78 is 1.22. The minimum Gasteiger partial charge on any atom is -0.368 e. The number of hydrogen-bond acceptors (Lipinski definition) is 2. The minimum absolute atomic E-state index is 0.552. The van der Waals surface area contributed by atoms with Gasteiger partial charge in [-0.3, -0.25) is 0 Å². The fourth-order valence-electron chi connectivity index (χ4n) is 2.47. The molecular formula is C17H27BrN2. The Morgan fingerprint density at radius 2 is 2.10 bits per heavy atom. The van der Waals surface area contributed by atoms with Crippen LogP contribution in [0.5, 0.6) is 0 Å². The smallest absolute Gasteiger partial charge is 0.0513 e. The number of halogens is 1. The van der Waals surface area contributed by atoms with Gasteiger partial charge in [0.15, 0.2) is 0 Å². The van der Waals surface area contributed by atoms with E-state index in [4.69, 9.17) is 0 Å². The minimum atomic E-state index is 0.552. The van der Waals surface area contributed by atoms with Gasteiger partial charge >= 0.3 is 0 Å². The largest absolute Gasteiger partial charge is 0.368 e. The molecule has 0 bridgehead atoms. The molecule has 1 saturated carbocycles. The molecule has 0 aliphatic heterocycles. The zero-order valence-corrected chi connectivity index (χ0v) is 14.5. The molecule has 20 heavy (non-hydrogen) atoms. The van der Waals surface area contributed by atoms with Crippen LogP contribution in [0.15, 0.2) is 22.7 Å². The summed E-state index contributed by atoms with van der Waals surface area (Å²) in [5.74, 6) is 0.912. The summed E-state index contributed by atoms with van der Waals surface area (Å²) in [5, 5.41) is 3.46. The molecule has 0 unspecified atom stereocenters. The van der Waals surface area contributed by atoms with E-state index in [1.165, 1.54) is 41.5 Å². The average molecular weight is 339 g/mol. The molecule has 0 spiro atoms. The highest BCUT2D eigenvalue weighted by Crippen LogP contribution is 2.35. The first kappa shape index (κ1) is 15.8. The van der Waals surface area contributed by atoms with Crippen LogP contribution in [0.2, 0.25) is 0 Å². The van der Waals surface area contributed by atoms with Crippen LogP contribution in [0.4, 0.5) is 5.69 Å². The SMILES string of the molecule is CCCNCc1ccc(N(CC2CC2)C(C)C)c(Br)c1. The van der Waals surface area contributed by atoms with Crippen molar-refractivity contribution in [1.82, 2.24) is 5.32 Å². The number of hydrogen-bond donors (Lipinski definition) is 1. The Morgan fingerprint density at radius 1 is 1.35 bits per heavy atom. The second kappa shape index (κ2) is 7.46. The van der Waals surface area contributed by atoms with Crippen LogP contribution in [0, 0.1) is 5.92 Å². The topological polar surface area (TPSA) is 15.3 Å². The highest BCUT2D eigenvalue weighted by atomic mass is 79.9. The molecule has 1 N–H and O–H groups in total. The first-order valence-corrected chi connectivity index (χ1v) is 8.67. The maximum Gasteiger partial charge on any atom is 0.0513 e. The molecule has 0 amide bonds. The van der Waals surface area contributed by atoms with E-state index in [2.05, 4.69) is 65.1 Å². The highest BCUT2D eigenvalue weighted by molar-refractivity contribution is 9.10. The molecule has 0 saturated heterocycles. The molecule has 1 aliphatic rings. The molecule has 1 aromatic rings. The molecule has 2 rings (SSSR count). The Kier molecular flexibility index (Phi) is 5.91. The van der Waals surface area contributed by atoms with Crippen molar-refractivity contribution in [2.45, 2.75) is 52.6 Å². The Bertz CT molecular complexity index is 427. The van der Waals surface area contributed by atoms with Gasteiger partial charge in [-0.15, -0.1) is 0 Å². The Hall–Kier alpha value is -0.540. The van der Waals surface area contributed by atoms with E-state index in [0.717, 1.165) is 19.0 Å². The third-order valence-corrected chi connectivity index (χ3v) is 4.49. The van der Waals surface area contributed by atoms with Crippen molar-refractivity contribution < 1.29 is 0 Å². The number of benzene rings is 1. The average Bonchev–Trinajstić information content (AvgIpc) is 3.21. The van der Waals surface area contributed by atoms with Gasteiger partial charge in [-0.2, -0.15) is 0 Å². The first-order chi connectivity index (χ1) is 9.61. The summed E-state index contributed by atoms with van der Waals surface area (Å²) in [6, 6.07) is 7.34. The number of nitrogens with zero attached hydrogens (tertiary/aromatic N) is 1. The van der Waals surface area contributed by atoms with Crippen LogP contribution in [-0.2, 0) is 6.54 Å². The molecule has 0 aromatic heterocycles. The molecule has 0 heterocycles. The molecule has 0 radical (unpaired) electrons. The van der Waals surface area contributed by atoms with Crippen molar-refractivity contribution in [2.75, 3.05) is 18.0 Å². The maximum absolute atomic E-state index is 3.77. The van der Waals surface area contributed by atoms with E-state index < -0.39 is 0 Å². The van der Waals surface area contributed by atoms with Crippen molar-refractivity contribution in [3.05, 3.63) is 28.2 Å². The van der Waals surface area contributed by atoms with Crippen molar-refractivity contribution in [1.29, 1.82) is 0 Å². The summed E-state index contributed by atoms with van der Waals surface area (Å²) in [7, 11) is 0. The summed E-state index contributed by atoms with van der Waals surface area (Å²) >= 11 is 3.77. The van der Waals surface area contributed by atoms with Crippen LogP contribution in [0.3, 0.4) is 0 Å². The molecule has 112 valence electrons. The third kappa shape index (κ3) is 4.49. The molecule has 2 nitrogen and oxygen atoms in total. The van der Waals surface area contributed by atoms with Gasteiger partial charge in [0.05, 0.1) is 5.69 Å². The summed E-state index contributed by atoms with van der Waals surface area (Å²) in [5.41, 5.74) is 2.69. The zero-order valence-electron chi connectivity index (χ0n) is 13.0. The molecule has 0 atom stereocenters. The fraction of sp³-hybridized carbons (Fsp3) is 0.647. The van der Waals surface area contributed by atoms with Crippen molar-refractivity contribution in [2.24, 2.45) is 5.92 Å². The van der Waals surface area contributed by atoms with Crippen LogP contribution >= 0.6 is 15.9 Å².